The standard InChI is InChI=1S/C17H23NO2/c1-12-10-15-4-2-3-5-16(15)18(12)11-13-6-8-14(9-7-13)17(19)20/h6-9,12,15-16H,2-5,10-11H2,1H3,(H,19,20). The van der Waals surface area contributed by atoms with Crippen LogP contribution in [0.1, 0.15) is 54.9 Å². The van der Waals surface area contributed by atoms with Crippen LogP contribution in [0.4, 0.5) is 0 Å². The number of nitrogens with zero attached hydrogens (tertiary/aromatic N) is 1. The quantitative estimate of drug-likeness (QED) is 0.915. The van der Waals surface area contributed by atoms with Crippen molar-refractivity contribution in [1.29, 1.82) is 0 Å². The zero-order valence-corrected chi connectivity index (χ0v) is 12.1. The van der Waals surface area contributed by atoms with E-state index in [4.69, 9.17) is 5.11 Å². The Kier molecular flexibility index (Phi) is 3.79. The van der Waals surface area contributed by atoms with Crippen LogP contribution in [0, 0.1) is 5.92 Å². The van der Waals surface area contributed by atoms with E-state index < -0.39 is 5.97 Å². The molecule has 1 saturated carbocycles. The summed E-state index contributed by atoms with van der Waals surface area (Å²) < 4.78 is 0. The Morgan fingerprint density at radius 3 is 2.65 bits per heavy atom. The first kappa shape index (κ1) is 13.6. The Hall–Kier alpha value is -1.35. The molecular formula is C17H23NO2. The van der Waals surface area contributed by atoms with Gasteiger partial charge in [0, 0.05) is 18.6 Å². The topological polar surface area (TPSA) is 40.5 Å². The summed E-state index contributed by atoms with van der Waals surface area (Å²) in [5.74, 6) is 0.0375. The van der Waals surface area contributed by atoms with E-state index in [1.54, 1.807) is 12.1 Å². The van der Waals surface area contributed by atoms with Crippen LogP contribution in [-0.4, -0.2) is 28.1 Å². The SMILES string of the molecule is CC1CC2CCCCC2N1Cc1ccc(C(=O)O)cc1. The van der Waals surface area contributed by atoms with Gasteiger partial charge in [-0.1, -0.05) is 25.0 Å². The number of carboxylic acid groups (broad SMARTS) is 1. The van der Waals surface area contributed by atoms with Gasteiger partial charge < -0.3 is 5.11 Å². The number of fused-ring (bicyclic) bond motifs is 1. The van der Waals surface area contributed by atoms with Gasteiger partial charge in [-0.3, -0.25) is 4.90 Å². The average molecular weight is 273 g/mol. The number of hydrogen-bond acceptors (Lipinski definition) is 2. The van der Waals surface area contributed by atoms with E-state index in [9.17, 15) is 4.79 Å². The van der Waals surface area contributed by atoms with Gasteiger partial charge in [0.1, 0.15) is 0 Å². The van der Waals surface area contributed by atoms with Gasteiger partial charge in [-0.05, 0) is 49.8 Å². The minimum Gasteiger partial charge on any atom is -0.478 e. The summed E-state index contributed by atoms with van der Waals surface area (Å²) in [6.45, 7) is 3.30. The molecule has 1 N–H and O–H groups in total. The number of hydrogen-bond donors (Lipinski definition) is 1. The first-order valence-corrected chi connectivity index (χ1v) is 7.73. The summed E-state index contributed by atoms with van der Waals surface area (Å²) in [5.41, 5.74) is 1.60. The number of rotatable bonds is 3. The third-order valence-electron chi connectivity index (χ3n) is 5.07. The normalized spacial score (nSPS) is 30.1. The Labute approximate surface area is 120 Å². The summed E-state index contributed by atoms with van der Waals surface area (Å²) >= 11 is 0. The molecule has 0 aromatic heterocycles. The van der Waals surface area contributed by atoms with Crippen LogP contribution in [0.3, 0.4) is 0 Å². The van der Waals surface area contributed by atoms with E-state index >= 15 is 0 Å². The molecule has 1 aromatic rings. The molecule has 3 unspecified atom stereocenters. The third-order valence-corrected chi connectivity index (χ3v) is 5.07. The minimum atomic E-state index is -0.849. The van der Waals surface area contributed by atoms with Crippen LogP contribution in [-0.2, 0) is 6.54 Å². The molecule has 0 bridgehead atoms. The average Bonchev–Trinajstić information content (AvgIpc) is 2.76. The van der Waals surface area contributed by atoms with Crippen molar-refractivity contribution in [2.45, 2.75) is 57.7 Å². The van der Waals surface area contributed by atoms with Gasteiger partial charge in [0.25, 0.3) is 0 Å². The number of carbonyl (C=O) groups is 1. The highest BCUT2D eigenvalue weighted by Gasteiger charge is 2.39. The molecule has 1 aliphatic heterocycles. The van der Waals surface area contributed by atoms with Crippen LogP contribution in [0.5, 0.6) is 0 Å². The summed E-state index contributed by atoms with van der Waals surface area (Å²) in [5, 5.41) is 8.95. The molecule has 0 spiro atoms. The fraction of sp³-hybridized carbons (Fsp3) is 0.588. The van der Waals surface area contributed by atoms with Crippen molar-refractivity contribution in [2.75, 3.05) is 0 Å². The van der Waals surface area contributed by atoms with Gasteiger partial charge in [0.15, 0.2) is 0 Å². The van der Waals surface area contributed by atoms with Gasteiger partial charge in [0.2, 0.25) is 0 Å². The molecule has 1 saturated heterocycles. The smallest absolute Gasteiger partial charge is 0.335 e. The van der Waals surface area contributed by atoms with Gasteiger partial charge in [-0.2, -0.15) is 0 Å². The molecule has 3 nitrogen and oxygen atoms in total. The van der Waals surface area contributed by atoms with Crippen molar-refractivity contribution in [3.8, 4) is 0 Å². The summed E-state index contributed by atoms with van der Waals surface area (Å²) in [7, 11) is 0. The fourth-order valence-electron chi connectivity index (χ4n) is 4.04. The first-order chi connectivity index (χ1) is 9.65. The van der Waals surface area contributed by atoms with Crippen molar-refractivity contribution in [2.24, 2.45) is 5.92 Å². The van der Waals surface area contributed by atoms with Crippen molar-refractivity contribution in [1.82, 2.24) is 4.90 Å². The van der Waals surface area contributed by atoms with Gasteiger partial charge in [-0.15, -0.1) is 0 Å². The zero-order chi connectivity index (χ0) is 14.1. The highest BCUT2D eigenvalue weighted by Crippen LogP contribution is 2.40. The summed E-state index contributed by atoms with van der Waals surface area (Å²) in [6, 6.07) is 8.77. The molecule has 3 atom stereocenters. The number of likely N-dealkylation sites (tertiary alicyclic amines) is 1. The molecule has 2 fully saturated rings. The second kappa shape index (κ2) is 5.57. The van der Waals surface area contributed by atoms with Gasteiger partial charge in [0.05, 0.1) is 5.56 Å². The van der Waals surface area contributed by atoms with Crippen LogP contribution >= 0.6 is 0 Å². The highest BCUT2D eigenvalue weighted by molar-refractivity contribution is 5.87. The Morgan fingerprint density at radius 2 is 1.95 bits per heavy atom. The lowest BCUT2D eigenvalue weighted by molar-refractivity contribution is 0.0697. The van der Waals surface area contributed by atoms with E-state index in [1.165, 1.54) is 37.7 Å². The lowest BCUT2D eigenvalue weighted by Crippen LogP contribution is -2.37. The molecule has 0 amide bonds. The largest absolute Gasteiger partial charge is 0.478 e. The van der Waals surface area contributed by atoms with E-state index in [2.05, 4.69) is 11.8 Å². The van der Waals surface area contributed by atoms with E-state index in [0.717, 1.165) is 18.5 Å². The molecule has 108 valence electrons. The summed E-state index contributed by atoms with van der Waals surface area (Å²) in [4.78, 5) is 13.5. The molecule has 1 aliphatic carbocycles. The highest BCUT2D eigenvalue weighted by atomic mass is 16.4. The number of aromatic carboxylic acids is 1. The lowest BCUT2D eigenvalue weighted by atomic mass is 9.85. The van der Waals surface area contributed by atoms with E-state index in [1.807, 2.05) is 12.1 Å². The number of benzene rings is 1. The van der Waals surface area contributed by atoms with Gasteiger partial charge in [-0.25, -0.2) is 4.79 Å². The molecule has 0 radical (unpaired) electrons. The van der Waals surface area contributed by atoms with Crippen molar-refractivity contribution in [3.63, 3.8) is 0 Å². The van der Waals surface area contributed by atoms with Crippen LogP contribution in [0.15, 0.2) is 24.3 Å². The summed E-state index contributed by atoms with van der Waals surface area (Å²) in [6.07, 6.45) is 6.82. The maximum atomic E-state index is 10.9. The molecule has 20 heavy (non-hydrogen) atoms. The van der Waals surface area contributed by atoms with Crippen molar-refractivity contribution < 1.29 is 9.90 Å². The monoisotopic (exact) mass is 273 g/mol. The van der Waals surface area contributed by atoms with Crippen LogP contribution in [0.25, 0.3) is 0 Å². The predicted molar refractivity (Wildman–Crippen MR) is 78.8 cm³/mol. The zero-order valence-electron chi connectivity index (χ0n) is 12.1. The maximum Gasteiger partial charge on any atom is 0.335 e. The van der Waals surface area contributed by atoms with Crippen molar-refractivity contribution >= 4 is 5.97 Å². The second-order valence-electron chi connectivity index (χ2n) is 6.37. The maximum absolute atomic E-state index is 10.9. The molecular weight excluding hydrogens is 250 g/mol. The second-order valence-corrected chi connectivity index (χ2v) is 6.37. The van der Waals surface area contributed by atoms with E-state index in [0.29, 0.717) is 11.6 Å². The fourth-order valence-corrected chi connectivity index (χ4v) is 4.04. The van der Waals surface area contributed by atoms with Gasteiger partial charge >= 0.3 is 5.97 Å². The Morgan fingerprint density at radius 1 is 1.25 bits per heavy atom. The number of carboxylic acids is 1. The van der Waals surface area contributed by atoms with E-state index in [-0.39, 0.29) is 0 Å². The van der Waals surface area contributed by atoms with Crippen LogP contribution < -0.4 is 0 Å². The minimum absolute atomic E-state index is 0.374. The predicted octanol–water partition coefficient (Wildman–Crippen LogP) is 3.54. The molecule has 1 aromatic carbocycles. The third kappa shape index (κ3) is 2.59. The molecule has 2 aliphatic rings. The van der Waals surface area contributed by atoms with Crippen LogP contribution in [0.2, 0.25) is 0 Å². The Bertz CT molecular complexity index is 482. The van der Waals surface area contributed by atoms with Crippen molar-refractivity contribution in [3.05, 3.63) is 35.4 Å². The molecule has 3 rings (SSSR count). The Balaban J connectivity index is 1.71. The first-order valence-electron chi connectivity index (χ1n) is 7.73. The molecule has 1 heterocycles. The molecule has 3 heteroatoms. The lowest BCUT2D eigenvalue weighted by Gasteiger charge is -2.33.